The monoisotopic (exact) mass is 743 g/mol. The van der Waals surface area contributed by atoms with Crippen molar-refractivity contribution in [3.63, 3.8) is 0 Å². The van der Waals surface area contributed by atoms with Crippen molar-refractivity contribution in [3.8, 4) is 22.3 Å². The van der Waals surface area contributed by atoms with Crippen LogP contribution in [0.4, 0.5) is 0 Å². The molecule has 2 aromatic heterocycles. The van der Waals surface area contributed by atoms with E-state index in [1.54, 1.807) is 0 Å². The van der Waals surface area contributed by atoms with Gasteiger partial charge in [-0.1, -0.05) is 164 Å². The van der Waals surface area contributed by atoms with Gasteiger partial charge in [-0.15, -0.1) is 0 Å². The Morgan fingerprint density at radius 3 is 1.91 bits per heavy atom. The van der Waals surface area contributed by atoms with Crippen LogP contribution in [0.2, 0.25) is 0 Å². The highest BCUT2D eigenvalue weighted by molar-refractivity contribution is 6.23. The Morgan fingerprint density at radius 2 is 1.03 bits per heavy atom. The molecule has 0 saturated carbocycles. The van der Waals surface area contributed by atoms with Crippen LogP contribution < -0.4 is 5.32 Å². The van der Waals surface area contributed by atoms with Gasteiger partial charge in [-0.2, -0.15) is 0 Å². The molecule has 0 fully saturated rings. The Balaban J connectivity index is 1.02. The lowest BCUT2D eigenvalue weighted by molar-refractivity contribution is 0.663. The van der Waals surface area contributed by atoms with Crippen molar-refractivity contribution in [2.24, 2.45) is 9.98 Å². The number of amidine groups is 2. The van der Waals surface area contributed by atoms with E-state index in [0.29, 0.717) is 5.84 Å². The van der Waals surface area contributed by atoms with Gasteiger partial charge in [0.1, 0.15) is 34.3 Å². The van der Waals surface area contributed by atoms with Gasteiger partial charge in [-0.25, -0.2) is 9.98 Å². The summed E-state index contributed by atoms with van der Waals surface area (Å²) in [5.41, 5.74) is 10.7. The highest BCUT2D eigenvalue weighted by Crippen LogP contribution is 2.43. The van der Waals surface area contributed by atoms with Crippen molar-refractivity contribution in [3.05, 3.63) is 205 Å². The van der Waals surface area contributed by atoms with Crippen LogP contribution in [0.15, 0.2) is 207 Å². The lowest BCUT2D eigenvalue weighted by atomic mass is 9.91. The molecule has 1 aliphatic heterocycles. The summed E-state index contributed by atoms with van der Waals surface area (Å²) < 4.78 is 13.2. The molecule has 5 nitrogen and oxygen atoms in total. The fraction of sp³-hybridized carbons (Fsp3) is 0.0189. The van der Waals surface area contributed by atoms with E-state index in [-0.39, 0.29) is 6.17 Å². The second-order valence-electron chi connectivity index (χ2n) is 14.9. The van der Waals surface area contributed by atoms with Crippen molar-refractivity contribution in [2.75, 3.05) is 0 Å². The van der Waals surface area contributed by atoms with Crippen LogP contribution in [0, 0.1) is 0 Å². The lowest BCUT2D eigenvalue weighted by Crippen LogP contribution is -2.33. The maximum absolute atomic E-state index is 6.75. The Morgan fingerprint density at radius 1 is 0.414 bits per heavy atom. The molecule has 5 heteroatoms. The number of aliphatic imine (C=N–C) groups is 2. The van der Waals surface area contributed by atoms with Gasteiger partial charge in [0.15, 0.2) is 5.84 Å². The van der Waals surface area contributed by atoms with Crippen LogP contribution in [0.25, 0.3) is 87.7 Å². The van der Waals surface area contributed by atoms with E-state index in [4.69, 9.17) is 18.8 Å². The zero-order chi connectivity index (χ0) is 38.2. The molecule has 11 aromatic rings. The molecule has 0 radical (unpaired) electrons. The molecular formula is C53H33N3O2. The molecule has 12 rings (SSSR count). The second kappa shape index (κ2) is 12.9. The molecule has 0 amide bonds. The van der Waals surface area contributed by atoms with Crippen molar-refractivity contribution in [2.45, 2.75) is 6.17 Å². The third-order valence-electron chi connectivity index (χ3n) is 11.6. The largest absolute Gasteiger partial charge is 0.455 e. The first kappa shape index (κ1) is 32.5. The molecular weight excluding hydrogens is 711 g/mol. The zero-order valence-electron chi connectivity index (χ0n) is 31.2. The molecule has 0 spiro atoms. The van der Waals surface area contributed by atoms with Gasteiger partial charge in [0, 0.05) is 32.7 Å². The van der Waals surface area contributed by atoms with E-state index >= 15 is 0 Å². The Hall–Kier alpha value is -7.76. The Kier molecular flexibility index (Phi) is 7.23. The fourth-order valence-electron chi connectivity index (χ4n) is 8.83. The van der Waals surface area contributed by atoms with E-state index in [1.807, 2.05) is 36.4 Å². The highest BCUT2D eigenvalue weighted by atomic mass is 16.3. The summed E-state index contributed by atoms with van der Waals surface area (Å²) in [6.07, 6.45) is -0.357. The minimum absolute atomic E-state index is 0.357. The van der Waals surface area contributed by atoms with Crippen LogP contribution in [0.5, 0.6) is 0 Å². The average molecular weight is 744 g/mol. The summed E-state index contributed by atoms with van der Waals surface area (Å²) >= 11 is 0. The van der Waals surface area contributed by atoms with Gasteiger partial charge in [0.05, 0.1) is 5.56 Å². The van der Waals surface area contributed by atoms with E-state index < -0.39 is 0 Å². The number of furan rings is 2. The first-order chi connectivity index (χ1) is 28.7. The summed E-state index contributed by atoms with van der Waals surface area (Å²) in [5.74, 6) is 1.37. The second-order valence-corrected chi connectivity index (χ2v) is 14.9. The minimum atomic E-state index is -0.357. The van der Waals surface area contributed by atoms with Gasteiger partial charge in [-0.05, 0) is 68.1 Å². The maximum atomic E-state index is 6.75. The standard InChI is InChI=1S/C53H33N3O2/c1-2-14-33(15-3-1)51-54-52(56-53(55-51)45-24-11-22-42-40-19-8-9-25-46(40)57-50(42)45)43-30-29-39(37-17-6-7-18-38(37)43)41-21-12-26-47-48(41)44-23-10-20-36(49(44)58-47)35-28-27-32-13-4-5-16-34(32)31-35/h1-31,51H,(H,54,55,56). The van der Waals surface area contributed by atoms with Crippen molar-refractivity contribution in [1.29, 1.82) is 0 Å². The predicted octanol–water partition coefficient (Wildman–Crippen LogP) is 13.6. The molecule has 1 N–H and O–H groups in total. The molecule has 3 heterocycles. The van der Waals surface area contributed by atoms with E-state index in [0.717, 1.165) is 99.4 Å². The van der Waals surface area contributed by atoms with Crippen LogP contribution in [-0.2, 0) is 0 Å². The van der Waals surface area contributed by atoms with Gasteiger partial charge in [0.25, 0.3) is 0 Å². The van der Waals surface area contributed by atoms with Crippen molar-refractivity contribution >= 4 is 77.1 Å². The Bertz CT molecular complexity index is 3500. The van der Waals surface area contributed by atoms with Crippen molar-refractivity contribution in [1.82, 2.24) is 5.32 Å². The number of para-hydroxylation sites is 3. The van der Waals surface area contributed by atoms with Crippen LogP contribution in [-0.4, -0.2) is 11.7 Å². The molecule has 1 atom stereocenters. The normalized spacial score (nSPS) is 14.4. The summed E-state index contributed by atoms with van der Waals surface area (Å²) in [6, 6.07) is 65.7. The predicted molar refractivity (Wildman–Crippen MR) is 239 cm³/mol. The van der Waals surface area contributed by atoms with Gasteiger partial charge < -0.3 is 14.2 Å². The van der Waals surface area contributed by atoms with Gasteiger partial charge in [0.2, 0.25) is 0 Å². The molecule has 58 heavy (non-hydrogen) atoms. The SMILES string of the molecule is c1ccc(C2N=C(c3cccc4c3oc3ccccc34)N=C(c3ccc(-c4cccc5oc6c(-c7ccc8ccccc8c7)cccc6c45)c4ccccc34)N2)cc1. The third-order valence-corrected chi connectivity index (χ3v) is 11.6. The van der Waals surface area contributed by atoms with Crippen LogP contribution in [0.3, 0.4) is 0 Å². The number of rotatable bonds is 5. The van der Waals surface area contributed by atoms with E-state index in [1.165, 1.54) is 10.8 Å². The Labute approximate surface area is 333 Å². The number of nitrogens with one attached hydrogen (secondary N) is 1. The zero-order valence-corrected chi connectivity index (χ0v) is 31.2. The highest BCUT2D eigenvalue weighted by Gasteiger charge is 2.25. The molecule has 0 aliphatic carbocycles. The van der Waals surface area contributed by atoms with Crippen LogP contribution in [0.1, 0.15) is 22.9 Å². The molecule has 1 aliphatic rings. The third kappa shape index (κ3) is 5.10. The van der Waals surface area contributed by atoms with Crippen molar-refractivity contribution < 1.29 is 8.83 Å². The van der Waals surface area contributed by atoms with Gasteiger partial charge >= 0.3 is 0 Å². The minimum Gasteiger partial charge on any atom is -0.455 e. The van der Waals surface area contributed by atoms with E-state index in [2.05, 4.69) is 157 Å². The topological polar surface area (TPSA) is 63.0 Å². The average Bonchev–Trinajstić information content (AvgIpc) is 3.88. The summed E-state index contributed by atoms with van der Waals surface area (Å²) in [7, 11) is 0. The smallest absolute Gasteiger partial charge is 0.163 e. The van der Waals surface area contributed by atoms with Crippen LogP contribution >= 0.6 is 0 Å². The summed E-state index contributed by atoms with van der Waals surface area (Å²) in [4.78, 5) is 10.5. The summed E-state index contributed by atoms with van der Waals surface area (Å²) in [5, 5.41) is 12.7. The molecule has 9 aromatic carbocycles. The first-order valence-electron chi connectivity index (χ1n) is 19.6. The number of nitrogens with zero attached hydrogens (tertiary/aromatic N) is 2. The number of benzene rings is 9. The van der Waals surface area contributed by atoms with E-state index in [9.17, 15) is 0 Å². The first-order valence-corrected chi connectivity index (χ1v) is 19.6. The number of fused-ring (bicyclic) bond motifs is 8. The number of hydrogen-bond acceptors (Lipinski definition) is 5. The molecule has 0 saturated heterocycles. The summed E-state index contributed by atoms with van der Waals surface area (Å²) in [6.45, 7) is 0. The number of hydrogen-bond donors (Lipinski definition) is 1. The lowest BCUT2D eigenvalue weighted by Gasteiger charge is -2.24. The molecule has 0 bridgehead atoms. The maximum Gasteiger partial charge on any atom is 0.163 e. The molecule has 1 unspecified atom stereocenters. The fourth-order valence-corrected chi connectivity index (χ4v) is 8.83. The quantitative estimate of drug-likeness (QED) is 0.191. The van der Waals surface area contributed by atoms with Gasteiger partial charge in [-0.3, -0.25) is 0 Å². The molecule has 272 valence electrons.